The molecule has 5 rings (SSSR count). The maximum atomic E-state index is 13.1. The monoisotopic (exact) mass is 376 g/mol. The molecule has 144 valence electrons. The number of carbonyl (C=O) groups is 1. The molecule has 0 radical (unpaired) electrons. The van der Waals surface area contributed by atoms with Crippen molar-refractivity contribution >= 4 is 28.5 Å². The van der Waals surface area contributed by atoms with Crippen LogP contribution >= 0.6 is 0 Å². The highest BCUT2D eigenvalue weighted by molar-refractivity contribution is 5.97. The third-order valence-electron chi connectivity index (χ3n) is 6.24. The first-order valence-corrected chi connectivity index (χ1v) is 9.98. The number of carbonyl (C=O) groups excluding carboxylic acids is 1. The zero-order valence-corrected chi connectivity index (χ0v) is 16.3. The van der Waals surface area contributed by atoms with Gasteiger partial charge in [-0.2, -0.15) is 0 Å². The number of hydrogen-bond donors (Lipinski definition) is 0. The van der Waals surface area contributed by atoms with E-state index in [0.29, 0.717) is 5.71 Å². The zero-order valence-electron chi connectivity index (χ0n) is 16.3. The minimum absolute atomic E-state index is 0.0758. The van der Waals surface area contributed by atoms with E-state index in [2.05, 4.69) is 33.9 Å². The summed E-state index contributed by atoms with van der Waals surface area (Å²) >= 11 is 0. The van der Waals surface area contributed by atoms with Gasteiger partial charge in [0.2, 0.25) is 11.6 Å². The number of aryl methyl sites for hydroxylation is 2. The Hall–Kier alpha value is -2.89. The van der Waals surface area contributed by atoms with Crippen LogP contribution in [-0.2, 0) is 11.2 Å². The first-order valence-electron chi connectivity index (χ1n) is 9.98. The Balaban J connectivity index is 1.33. The average molecular weight is 376 g/mol. The van der Waals surface area contributed by atoms with Crippen molar-refractivity contribution in [3.8, 4) is 0 Å². The molecule has 3 aromatic rings. The maximum absolute atomic E-state index is 13.1. The number of benzene rings is 1. The molecule has 0 bridgehead atoms. The molecule has 0 atom stereocenters. The summed E-state index contributed by atoms with van der Waals surface area (Å²) in [5.41, 5.74) is 4.11. The van der Waals surface area contributed by atoms with Gasteiger partial charge in [-0.05, 0) is 44.7 Å². The molecule has 0 aliphatic carbocycles. The number of anilines is 2. The number of piperidine rings is 1. The lowest BCUT2D eigenvalue weighted by Crippen LogP contribution is -2.42. The molecule has 0 unspecified atom stereocenters. The van der Waals surface area contributed by atoms with Crippen molar-refractivity contribution in [2.24, 2.45) is 5.92 Å². The van der Waals surface area contributed by atoms with E-state index in [1.165, 1.54) is 5.56 Å². The predicted molar refractivity (Wildman–Crippen MR) is 109 cm³/mol. The van der Waals surface area contributed by atoms with E-state index in [0.717, 1.165) is 67.1 Å². The molecular formula is C22H24N4O2. The van der Waals surface area contributed by atoms with E-state index >= 15 is 0 Å². The molecule has 6 heteroatoms. The number of para-hydroxylation sites is 1. The Bertz CT molecular complexity index is 1050. The molecule has 28 heavy (non-hydrogen) atoms. The van der Waals surface area contributed by atoms with Crippen molar-refractivity contribution in [2.45, 2.75) is 33.1 Å². The molecule has 0 saturated carbocycles. The second-order valence-electron chi connectivity index (χ2n) is 7.79. The van der Waals surface area contributed by atoms with Crippen molar-refractivity contribution in [1.29, 1.82) is 0 Å². The van der Waals surface area contributed by atoms with Gasteiger partial charge in [-0.15, -0.1) is 0 Å². The van der Waals surface area contributed by atoms with Gasteiger partial charge in [0.25, 0.3) is 0 Å². The van der Waals surface area contributed by atoms with E-state index in [1.54, 1.807) is 6.33 Å². The smallest absolute Gasteiger partial charge is 0.231 e. The third kappa shape index (κ3) is 2.66. The van der Waals surface area contributed by atoms with Crippen LogP contribution in [0.2, 0.25) is 0 Å². The van der Waals surface area contributed by atoms with Gasteiger partial charge in [-0.25, -0.2) is 9.97 Å². The molecule has 1 saturated heterocycles. The quantitative estimate of drug-likeness (QED) is 0.683. The van der Waals surface area contributed by atoms with Gasteiger partial charge in [0.15, 0.2) is 0 Å². The number of fused-ring (bicyclic) bond motifs is 2. The molecule has 1 aromatic carbocycles. The number of furan rings is 1. The largest absolute Gasteiger partial charge is 0.443 e. The average Bonchev–Trinajstić information content (AvgIpc) is 3.29. The second-order valence-corrected chi connectivity index (χ2v) is 7.79. The van der Waals surface area contributed by atoms with Gasteiger partial charge in [-0.3, -0.25) is 4.79 Å². The summed E-state index contributed by atoms with van der Waals surface area (Å²) in [4.78, 5) is 26.2. The van der Waals surface area contributed by atoms with Crippen molar-refractivity contribution < 1.29 is 9.21 Å². The van der Waals surface area contributed by atoms with Gasteiger partial charge in [0.05, 0.1) is 5.39 Å². The van der Waals surface area contributed by atoms with Crippen LogP contribution in [0.3, 0.4) is 0 Å². The van der Waals surface area contributed by atoms with E-state index in [9.17, 15) is 4.79 Å². The Kier molecular flexibility index (Phi) is 4.07. The third-order valence-corrected chi connectivity index (χ3v) is 6.24. The van der Waals surface area contributed by atoms with Crippen LogP contribution in [-0.4, -0.2) is 35.5 Å². The summed E-state index contributed by atoms with van der Waals surface area (Å²) in [5, 5.41) is 0.998. The molecule has 6 nitrogen and oxygen atoms in total. The fourth-order valence-corrected chi connectivity index (χ4v) is 4.53. The summed E-state index contributed by atoms with van der Waals surface area (Å²) in [6.45, 7) is 6.45. The topological polar surface area (TPSA) is 62.5 Å². The highest BCUT2D eigenvalue weighted by Gasteiger charge is 2.33. The number of amides is 1. The fraction of sp³-hybridized carbons (Fsp3) is 0.409. The number of rotatable bonds is 2. The molecule has 1 fully saturated rings. The number of aromatic nitrogens is 2. The minimum Gasteiger partial charge on any atom is -0.443 e. The van der Waals surface area contributed by atoms with Crippen molar-refractivity contribution in [3.05, 3.63) is 47.5 Å². The van der Waals surface area contributed by atoms with Crippen LogP contribution in [0.15, 0.2) is 35.0 Å². The molecular weight excluding hydrogens is 352 g/mol. The van der Waals surface area contributed by atoms with E-state index in [1.807, 2.05) is 24.0 Å². The SMILES string of the molecule is Cc1oc2ncnc(N3CCC(C(=O)N4CCc5ccccc54)CC3)c2c1C. The van der Waals surface area contributed by atoms with Crippen LogP contribution < -0.4 is 9.80 Å². The first kappa shape index (κ1) is 17.2. The van der Waals surface area contributed by atoms with Crippen LogP contribution in [0.25, 0.3) is 11.1 Å². The molecule has 2 aliphatic rings. The highest BCUT2D eigenvalue weighted by atomic mass is 16.3. The number of hydrogen-bond acceptors (Lipinski definition) is 5. The maximum Gasteiger partial charge on any atom is 0.231 e. The first-order chi connectivity index (χ1) is 13.6. The van der Waals surface area contributed by atoms with Crippen molar-refractivity contribution in [3.63, 3.8) is 0 Å². The molecule has 4 heterocycles. The summed E-state index contributed by atoms with van der Waals surface area (Å²) in [6.07, 6.45) is 4.22. The zero-order chi connectivity index (χ0) is 19.3. The molecule has 0 spiro atoms. The van der Waals surface area contributed by atoms with Gasteiger partial charge >= 0.3 is 0 Å². The Morgan fingerprint density at radius 3 is 2.71 bits per heavy atom. The predicted octanol–water partition coefficient (Wildman–Crippen LogP) is 3.65. The van der Waals surface area contributed by atoms with Gasteiger partial charge in [-0.1, -0.05) is 18.2 Å². The Morgan fingerprint density at radius 2 is 1.89 bits per heavy atom. The summed E-state index contributed by atoms with van der Waals surface area (Å²) in [6, 6.07) is 8.26. The van der Waals surface area contributed by atoms with Crippen LogP contribution in [0.1, 0.15) is 29.7 Å². The van der Waals surface area contributed by atoms with Gasteiger partial charge < -0.3 is 14.2 Å². The van der Waals surface area contributed by atoms with Crippen LogP contribution in [0.4, 0.5) is 11.5 Å². The standard InChI is InChI=1S/C22H24N4O2/c1-14-15(2)28-21-19(14)20(23-13-24-21)25-10-7-17(8-11-25)22(27)26-12-9-16-5-3-4-6-18(16)26/h3-6,13,17H,7-12H2,1-2H3. The lowest BCUT2D eigenvalue weighted by Gasteiger charge is -2.34. The molecule has 2 aliphatic heterocycles. The van der Waals surface area contributed by atoms with Crippen molar-refractivity contribution in [1.82, 2.24) is 9.97 Å². The number of nitrogens with zero attached hydrogens (tertiary/aromatic N) is 4. The highest BCUT2D eigenvalue weighted by Crippen LogP contribution is 2.34. The summed E-state index contributed by atoms with van der Waals surface area (Å²) < 4.78 is 5.75. The summed E-state index contributed by atoms with van der Waals surface area (Å²) in [7, 11) is 0. The normalized spacial score (nSPS) is 17.4. The van der Waals surface area contributed by atoms with E-state index in [4.69, 9.17) is 4.42 Å². The van der Waals surface area contributed by atoms with Crippen molar-refractivity contribution in [2.75, 3.05) is 29.4 Å². The second kappa shape index (κ2) is 6.62. The van der Waals surface area contributed by atoms with Crippen LogP contribution in [0, 0.1) is 19.8 Å². The van der Waals surface area contributed by atoms with E-state index in [-0.39, 0.29) is 11.8 Å². The Morgan fingerprint density at radius 1 is 1.11 bits per heavy atom. The Labute approximate surface area is 164 Å². The molecule has 1 amide bonds. The minimum atomic E-state index is 0.0758. The fourth-order valence-electron chi connectivity index (χ4n) is 4.53. The molecule has 2 aromatic heterocycles. The lowest BCUT2D eigenvalue weighted by atomic mass is 9.95. The molecule has 0 N–H and O–H groups in total. The van der Waals surface area contributed by atoms with Gasteiger partial charge in [0, 0.05) is 36.8 Å². The van der Waals surface area contributed by atoms with Gasteiger partial charge in [0.1, 0.15) is 17.9 Å². The summed E-state index contributed by atoms with van der Waals surface area (Å²) in [5.74, 6) is 2.16. The van der Waals surface area contributed by atoms with Crippen LogP contribution in [0.5, 0.6) is 0 Å². The van der Waals surface area contributed by atoms with E-state index < -0.39 is 0 Å². The lowest BCUT2D eigenvalue weighted by molar-refractivity contribution is -0.122.